The van der Waals surface area contributed by atoms with Crippen LogP contribution in [0.5, 0.6) is 11.5 Å². The predicted octanol–water partition coefficient (Wildman–Crippen LogP) is 4.71. The van der Waals surface area contributed by atoms with Crippen LogP contribution in [0.15, 0.2) is 34.9 Å². The number of hydrogen-bond acceptors (Lipinski definition) is 7. The van der Waals surface area contributed by atoms with Crippen LogP contribution in [0, 0.1) is 27.7 Å². The van der Waals surface area contributed by atoms with Gasteiger partial charge in [0.2, 0.25) is 15.9 Å². The van der Waals surface area contributed by atoms with Gasteiger partial charge in [-0.05, 0) is 68.7 Å². The summed E-state index contributed by atoms with van der Waals surface area (Å²) in [5.41, 5.74) is 4.78. The number of amides is 1. The first-order chi connectivity index (χ1) is 16.0. The normalized spacial score (nSPS) is 11.4. The summed E-state index contributed by atoms with van der Waals surface area (Å²) in [5.74, 6) is 1.52. The van der Waals surface area contributed by atoms with Gasteiger partial charge >= 0.3 is 0 Å². The molecule has 0 spiro atoms. The minimum atomic E-state index is -3.51. The summed E-state index contributed by atoms with van der Waals surface area (Å²) >= 11 is 0. The van der Waals surface area contributed by atoms with Crippen molar-refractivity contribution in [1.29, 1.82) is 0 Å². The highest BCUT2D eigenvalue weighted by molar-refractivity contribution is 7.92. The number of rotatable bonds is 9. The number of anilines is 2. The van der Waals surface area contributed by atoms with Gasteiger partial charge in [-0.2, -0.15) is 0 Å². The van der Waals surface area contributed by atoms with Crippen LogP contribution >= 0.6 is 0 Å². The molecule has 1 amide bonds. The second-order valence-corrected chi connectivity index (χ2v) is 9.90. The summed E-state index contributed by atoms with van der Waals surface area (Å²) in [6, 6.07) is 8.77. The van der Waals surface area contributed by atoms with Crippen LogP contribution in [-0.4, -0.2) is 39.5 Å². The molecule has 0 unspecified atom stereocenters. The lowest BCUT2D eigenvalue weighted by Crippen LogP contribution is -2.14. The third-order valence-electron chi connectivity index (χ3n) is 5.03. The van der Waals surface area contributed by atoms with Crippen LogP contribution in [0.25, 0.3) is 11.1 Å². The van der Waals surface area contributed by atoms with E-state index in [9.17, 15) is 13.2 Å². The number of nitrogens with zero attached hydrogens (tertiary/aromatic N) is 1. The van der Waals surface area contributed by atoms with Gasteiger partial charge in [0, 0.05) is 24.4 Å². The highest BCUT2D eigenvalue weighted by atomic mass is 32.2. The second-order valence-electron chi connectivity index (χ2n) is 8.15. The van der Waals surface area contributed by atoms with Crippen molar-refractivity contribution in [2.75, 3.05) is 30.0 Å². The SMILES string of the molecule is COCCC(=O)Nc1cc(C)c(Oc2cc(NS(C)(=O)=O)cc(-c3c(C)noc3C)c2)c(C)c1. The number of sulfonamides is 1. The van der Waals surface area contributed by atoms with Gasteiger partial charge in [0.1, 0.15) is 17.3 Å². The molecule has 10 heteroatoms. The predicted molar refractivity (Wildman–Crippen MR) is 131 cm³/mol. The number of nitrogens with one attached hydrogen (secondary N) is 2. The first-order valence-electron chi connectivity index (χ1n) is 10.6. The average molecular weight is 488 g/mol. The Hall–Kier alpha value is -3.37. The molecular weight excluding hydrogens is 458 g/mol. The Bertz CT molecular complexity index is 1270. The van der Waals surface area contributed by atoms with E-state index in [1.807, 2.05) is 32.9 Å². The van der Waals surface area contributed by atoms with E-state index in [2.05, 4.69) is 15.2 Å². The van der Waals surface area contributed by atoms with Crippen LogP contribution in [0.3, 0.4) is 0 Å². The molecule has 0 fully saturated rings. The van der Waals surface area contributed by atoms with Crippen molar-refractivity contribution >= 4 is 27.3 Å². The van der Waals surface area contributed by atoms with E-state index in [1.54, 1.807) is 32.2 Å². The van der Waals surface area contributed by atoms with Gasteiger partial charge in [-0.1, -0.05) is 5.16 Å². The highest BCUT2D eigenvalue weighted by Gasteiger charge is 2.17. The maximum Gasteiger partial charge on any atom is 0.229 e. The fraction of sp³-hybridized carbons (Fsp3) is 0.333. The molecule has 0 bridgehead atoms. The monoisotopic (exact) mass is 487 g/mol. The molecule has 3 aromatic rings. The molecule has 2 N–H and O–H groups in total. The van der Waals surface area contributed by atoms with E-state index in [0.29, 0.717) is 46.5 Å². The van der Waals surface area contributed by atoms with Crippen molar-refractivity contribution in [2.45, 2.75) is 34.1 Å². The Morgan fingerprint density at radius 1 is 1.03 bits per heavy atom. The van der Waals surface area contributed by atoms with Crippen molar-refractivity contribution in [2.24, 2.45) is 0 Å². The molecule has 0 aliphatic carbocycles. The minimum Gasteiger partial charge on any atom is -0.457 e. The molecule has 0 atom stereocenters. The summed E-state index contributed by atoms with van der Waals surface area (Å²) < 4.78 is 42.7. The molecule has 34 heavy (non-hydrogen) atoms. The topological polar surface area (TPSA) is 120 Å². The van der Waals surface area contributed by atoms with Gasteiger partial charge in [0.25, 0.3) is 0 Å². The van der Waals surface area contributed by atoms with E-state index < -0.39 is 10.0 Å². The molecule has 0 aliphatic rings. The Kier molecular flexibility index (Phi) is 7.63. The molecule has 1 heterocycles. The summed E-state index contributed by atoms with van der Waals surface area (Å²) in [6.45, 7) is 7.70. The number of hydrogen-bond donors (Lipinski definition) is 2. The number of benzene rings is 2. The third kappa shape index (κ3) is 6.36. The third-order valence-corrected chi connectivity index (χ3v) is 5.64. The molecule has 2 aromatic carbocycles. The largest absolute Gasteiger partial charge is 0.457 e. The smallest absolute Gasteiger partial charge is 0.229 e. The van der Waals surface area contributed by atoms with E-state index in [1.165, 1.54) is 0 Å². The van der Waals surface area contributed by atoms with Crippen LogP contribution in [0.2, 0.25) is 0 Å². The molecule has 0 aliphatic heterocycles. The number of carbonyl (C=O) groups is 1. The summed E-state index contributed by atoms with van der Waals surface area (Å²) in [4.78, 5) is 12.0. The molecule has 3 rings (SSSR count). The van der Waals surface area contributed by atoms with Gasteiger partial charge in [-0.3, -0.25) is 9.52 Å². The van der Waals surface area contributed by atoms with E-state index >= 15 is 0 Å². The number of carbonyl (C=O) groups excluding carboxylic acids is 1. The van der Waals surface area contributed by atoms with Crippen LogP contribution in [0.4, 0.5) is 11.4 Å². The van der Waals surface area contributed by atoms with Crippen molar-refractivity contribution in [3.63, 3.8) is 0 Å². The Balaban J connectivity index is 1.97. The lowest BCUT2D eigenvalue weighted by atomic mass is 10.0. The van der Waals surface area contributed by atoms with E-state index in [4.69, 9.17) is 14.0 Å². The van der Waals surface area contributed by atoms with Gasteiger partial charge in [0.15, 0.2) is 0 Å². The Morgan fingerprint density at radius 3 is 2.26 bits per heavy atom. The number of aryl methyl sites for hydroxylation is 4. The fourth-order valence-corrected chi connectivity index (χ4v) is 4.24. The number of aromatic nitrogens is 1. The standard InChI is InChI=1S/C24H29N3O6S/c1-14-9-19(25-22(28)7-8-31-5)10-15(2)24(14)32-21-12-18(23-16(3)26-33-17(23)4)11-20(13-21)27-34(6,29)30/h9-13,27H,7-8H2,1-6H3,(H,25,28). The quantitative estimate of drug-likeness (QED) is 0.448. The lowest BCUT2D eigenvalue weighted by molar-refractivity contribution is -0.117. The average Bonchev–Trinajstić information content (AvgIpc) is 3.06. The van der Waals surface area contributed by atoms with Crippen molar-refractivity contribution < 1.29 is 27.2 Å². The van der Waals surface area contributed by atoms with Crippen LogP contribution in [0.1, 0.15) is 29.0 Å². The first kappa shape index (κ1) is 25.3. The van der Waals surface area contributed by atoms with Crippen molar-refractivity contribution in [3.05, 3.63) is 52.9 Å². The molecule has 0 radical (unpaired) electrons. The summed E-state index contributed by atoms with van der Waals surface area (Å²) in [5, 5.41) is 6.85. The number of ether oxygens (including phenoxy) is 2. The maximum absolute atomic E-state index is 12.0. The van der Waals surface area contributed by atoms with E-state index in [0.717, 1.165) is 22.9 Å². The van der Waals surface area contributed by atoms with Crippen LogP contribution in [-0.2, 0) is 19.6 Å². The van der Waals surface area contributed by atoms with Crippen LogP contribution < -0.4 is 14.8 Å². The van der Waals surface area contributed by atoms with Gasteiger partial charge in [-0.25, -0.2) is 8.42 Å². The highest BCUT2D eigenvalue weighted by Crippen LogP contribution is 2.37. The summed E-state index contributed by atoms with van der Waals surface area (Å²) in [7, 11) is -1.96. The molecule has 9 nitrogen and oxygen atoms in total. The van der Waals surface area contributed by atoms with Crippen molar-refractivity contribution in [3.8, 4) is 22.6 Å². The molecule has 0 saturated heterocycles. The summed E-state index contributed by atoms with van der Waals surface area (Å²) in [6.07, 6.45) is 1.35. The van der Waals surface area contributed by atoms with Crippen molar-refractivity contribution in [1.82, 2.24) is 5.16 Å². The van der Waals surface area contributed by atoms with Gasteiger partial charge in [0.05, 0.1) is 30.7 Å². The Labute approximate surface area is 199 Å². The Morgan fingerprint density at radius 2 is 1.71 bits per heavy atom. The molecule has 1 aromatic heterocycles. The zero-order chi connectivity index (χ0) is 25.0. The number of methoxy groups -OCH3 is 1. The van der Waals surface area contributed by atoms with Gasteiger partial charge in [-0.15, -0.1) is 0 Å². The second kappa shape index (κ2) is 10.3. The fourth-order valence-electron chi connectivity index (χ4n) is 3.69. The van der Waals surface area contributed by atoms with Gasteiger partial charge < -0.3 is 19.3 Å². The maximum atomic E-state index is 12.0. The zero-order valence-electron chi connectivity index (χ0n) is 20.1. The lowest BCUT2D eigenvalue weighted by Gasteiger charge is -2.16. The molecule has 0 saturated carbocycles. The first-order valence-corrected chi connectivity index (χ1v) is 12.5. The molecular formula is C24H29N3O6S. The van der Waals surface area contributed by atoms with E-state index in [-0.39, 0.29) is 12.3 Å². The molecule has 182 valence electrons. The minimum absolute atomic E-state index is 0.141. The zero-order valence-corrected chi connectivity index (χ0v) is 20.9.